The molecular formula is C12H17N3O3S. The van der Waals surface area contributed by atoms with E-state index in [2.05, 4.69) is 4.98 Å². The highest BCUT2D eigenvalue weighted by Crippen LogP contribution is 2.21. The standard InChI is InChI=1S/C12H17N3O3S/c1-14(6-10-7-19-8-13-10)12(18)15-3-2-9(5-15)4-11(16)17/h7-9H,2-6H2,1H3,(H,16,17). The number of amides is 2. The molecule has 2 rings (SSSR count). The van der Waals surface area contributed by atoms with Crippen LogP contribution in [0.15, 0.2) is 10.9 Å². The van der Waals surface area contributed by atoms with Crippen LogP contribution in [-0.4, -0.2) is 52.0 Å². The summed E-state index contributed by atoms with van der Waals surface area (Å²) in [6.07, 6.45) is 0.905. The van der Waals surface area contributed by atoms with Gasteiger partial charge in [-0.15, -0.1) is 11.3 Å². The van der Waals surface area contributed by atoms with E-state index in [0.717, 1.165) is 12.1 Å². The number of nitrogens with zero attached hydrogens (tertiary/aromatic N) is 3. The number of carboxylic acids is 1. The van der Waals surface area contributed by atoms with Crippen LogP contribution < -0.4 is 0 Å². The first-order valence-corrected chi connectivity index (χ1v) is 7.09. The summed E-state index contributed by atoms with van der Waals surface area (Å²) in [7, 11) is 1.74. The fraction of sp³-hybridized carbons (Fsp3) is 0.583. The van der Waals surface area contributed by atoms with E-state index in [9.17, 15) is 9.59 Å². The Morgan fingerprint density at radius 2 is 2.42 bits per heavy atom. The molecule has 0 bridgehead atoms. The topological polar surface area (TPSA) is 73.7 Å². The lowest BCUT2D eigenvalue weighted by Crippen LogP contribution is -2.39. The number of hydrogen-bond donors (Lipinski definition) is 1. The Balaban J connectivity index is 1.85. The molecule has 2 amide bonds. The van der Waals surface area contributed by atoms with Crippen LogP contribution in [-0.2, 0) is 11.3 Å². The molecule has 19 heavy (non-hydrogen) atoms. The molecular weight excluding hydrogens is 266 g/mol. The van der Waals surface area contributed by atoms with Gasteiger partial charge in [-0.05, 0) is 12.3 Å². The maximum absolute atomic E-state index is 12.2. The number of hydrogen-bond acceptors (Lipinski definition) is 4. The number of carboxylic acid groups (broad SMARTS) is 1. The smallest absolute Gasteiger partial charge is 0.320 e. The van der Waals surface area contributed by atoms with E-state index in [4.69, 9.17) is 5.11 Å². The van der Waals surface area contributed by atoms with Gasteiger partial charge in [-0.1, -0.05) is 0 Å². The van der Waals surface area contributed by atoms with Gasteiger partial charge >= 0.3 is 12.0 Å². The molecule has 0 saturated carbocycles. The summed E-state index contributed by atoms with van der Waals surface area (Å²) in [4.78, 5) is 30.3. The second-order valence-electron chi connectivity index (χ2n) is 4.82. The Labute approximate surface area is 115 Å². The number of carbonyl (C=O) groups is 2. The summed E-state index contributed by atoms with van der Waals surface area (Å²) in [5.74, 6) is -0.718. The van der Waals surface area contributed by atoms with E-state index in [1.165, 1.54) is 11.3 Å². The van der Waals surface area contributed by atoms with E-state index in [0.29, 0.717) is 19.6 Å². The lowest BCUT2D eigenvalue weighted by Gasteiger charge is -2.24. The average molecular weight is 283 g/mol. The van der Waals surface area contributed by atoms with Crippen molar-refractivity contribution in [3.63, 3.8) is 0 Å². The van der Waals surface area contributed by atoms with Crippen LogP contribution in [0.1, 0.15) is 18.5 Å². The highest BCUT2D eigenvalue weighted by atomic mass is 32.1. The number of likely N-dealkylation sites (tertiary alicyclic amines) is 1. The molecule has 6 nitrogen and oxygen atoms in total. The van der Waals surface area contributed by atoms with E-state index in [1.54, 1.807) is 22.4 Å². The molecule has 1 aliphatic rings. The summed E-state index contributed by atoms with van der Waals surface area (Å²) in [5.41, 5.74) is 2.62. The van der Waals surface area contributed by atoms with Crippen LogP contribution >= 0.6 is 11.3 Å². The number of thiazole rings is 1. The van der Waals surface area contributed by atoms with Gasteiger partial charge in [-0.3, -0.25) is 4.79 Å². The third-order valence-electron chi connectivity index (χ3n) is 3.23. The van der Waals surface area contributed by atoms with Gasteiger partial charge in [0.15, 0.2) is 0 Å². The van der Waals surface area contributed by atoms with E-state index in [-0.39, 0.29) is 18.4 Å². The minimum absolute atomic E-state index is 0.0547. The molecule has 1 aromatic rings. The number of urea groups is 1. The molecule has 1 aromatic heterocycles. The zero-order valence-electron chi connectivity index (χ0n) is 10.8. The third-order valence-corrected chi connectivity index (χ3v) is 3.86. The molecule has 0 spiro atoms. The predicted octanol–water partition coefficient (Wildman–Crippen LogP) is 1.49. The molecule has 1 aliphatic heterocycles. The van der Waals surface area contributed by atoms with Gasteiger partial charge in [0, 0.05) is 31.9 Å². The average Bonchev–Trinajstić information content (AvgIpc) is 2.98. The normalized spacial score (nSPS) is 18.6. The van der Waals surface area contributed by atoms with E-state index in [1.807, 2.05) is 5.38 Å². The maximum Gasteiger partial charge on any atom is 0.320 e. The van der Waals surface area contributed by atoms with Gasteiger partial charge in [0.1, 0.15) is 0 Å². The summed E-state index contributed by atoms with van der Waals surface area (Å²) >= 11 is 1.50. The van der Waals surface area contributed by atoms with E-state index >= 15 is 0 Å². The first-order chi connectivity index (χ1) is 9.06. The first-order valence-electron chi connectivity index (χ1n) is 6.15. The molecule has 0 aromatic carbocycles. The lowest BCUT2D eigenvalue weighted by atomic mass is 10.1. The van der Waals surface area contributed by atoms with Crippen LogP contribution in [0.5, 0.6) is 0 Å². The van der Waals surface area contributed by atoms with Crippen molar-refractivity contribution in [3.05, 3.63) is 16.6 Å². The van der Waals surface area contributed by atoms with Crippen LogP contribution in [0.3, 0.4) is 0 Å². The summed E-state index contributed by atoms with van der Waals surface area (Å²) < 4.78 is 0. The molecule has 2 heterocycles. The Bertz CT molecular complexity index is 449. The molecule has 0 aliphatic carbocycles. The van der Waals surface area contributed by atoms with Crippen molar-refractivity contribution in [2.75, 3.05) is 20.1 Å². The Morgan fingerprint density at radius 3 is 3.05 bits per heavy atom. The van der Waals surface area contributed by atoms with Crippen LogP contribution in [0.4, 0.5) is 4.79 Å². The number of aromatic nitrogens is 1. The SMILES string of the molecule is CN(Cc1cscn1)C(=O)N1CCC(CC(=O)O)C1. The predicted molar refractivity (Wildman–Crippen MR) is 70.9 cm³/mol. The second-order valence-corrected chi connectivity index (χ2v) is 5.54. The number of carbonyl (C=O) groups excluding carboxylic acids is 1. The molecule has 1 N–H and O–H groups in total. The minimum atomic E-state index is -0.796. The fourth-order valence-electron chi connectivity index (χ4n) is 2.29. The lowest BCUT2D eigenvalue weighted by molar-refractivity contribution is -0.138. The highest BCUT2D eigenvalue weighted by molar-refractivity contribution is 7.07. The van der Waals surface area contributed by atoms with Gasteiger partial charge in [0.25, 0.3) is 0 Å². The maximum atomic E-state index is 12.2. The van der Waals surface area contributed by atoms with Gasteiger partial charge in [0.2, 0.25) is 0 Å². The Hall–Kier alpha value is -1.63. The van der Waals surface area contributed by atoms with Crippen molar-refractivity contribution in [1.29, 1.82) is 0 Å². The van der Waals surface area contributed by atoms with Crippen LogP contribution in [0.25, 0.3) is 0 Å². The van der Waals surface area contributed by atoms with Crippen molar-refractivity contribution < 1.29 is 14.7 Å². The summed E-state index contributed by atoms with van der Waals surface area (Å²) in [5, 5.41) is 10.7. The summed E-state index contributed by atoms with van der Waals surface area (Å²) in [6, 6.07) is -0.0547. The molecule has 104 valence electrons. The van der Waals surface area contributed by atoms with Crippen molar-refractivity contribution in [2.45, 2.75) is 19.4 Å². The molecule has 1 fully saturated rings. The van der Waals surface area contributed by atoms with Gasteiger partial charge in [-0.2, -0.15) is 0 Å². The van der Waals surface area contributed by atoms with Gasteiger partial charge in [-0.25, -0.2) is 9.78 Å². The fourth-order valence-corrected chi connectivity index (χ4v) is 2.84. The quantitative estimate of drug-likeness (QED) is 0.908. The monoisotopic (exact) mass is 283 g/mol. The Morgan fingerprint density at radius 1 is 1.63 bits per heavy atom. The minimum Gasteiger partial charge on any atom is -0.481 e. The molecule has 0 radical (unpaired) electrons. The van der Waals surface area contributed by atoms with Gasteiger partial charge in [0.05, 0.1) is 17.7 Å². The summed E-state index contributed by atoms with van der Waals surface area (Å²) in [6.45, 7) is 1.66. The van der Waals surface area contributed by atoms with Crippen molar-refractivity contribution in [3.8, 4) is 0 Å². The second kappa shape index (κ2) is 6.01. The van der Waals surface area contributed by atoms with Crippen LogP contribution in [0, 0.1) is 5.92 Å². The Kier molecular flexibility index (Phi) is 4.36. The zero-order valence-corrected chi connectivity index (χ0v) is 11.6. The highest BCUT2D eigenvalue weighted by Gasteiger charge is 2.29. The first kappa shape index (κ1) is 13.8. The number of rotatable bonds is 4. The zero-order chi connectivity index (χ0) is 13.8. The molecule has 1 atom stereocenters. The number of aliphatic carboxylic acids is 1. The van der Waals surface area contributed by atoms with E-state index < -0.39 is 5.97 Å². The van der Waals surface area contributed by atoms with Crippen molar-refractivity contribution in [2.24, 2.45) is 5.92 Å². The van der Waals surface area contributed by atoms with Crippen molar-refractivity contribution in [1.82, 2.24) is 14.8 Å². The third kappa shape index (κ3) is 3.66. The van der Waals surface area contributed by atoms with Crippen LogP contribution in [0.2, 0.25) is 0 Å². The molecule has 7 heteroatoms. The van der Waals surface area contributed by atoms with Gasteiger partial charge < -0.3 is 14.9 Å². The molecule has 1 saturated heterocycles. The van der Waals surface area contributed by atoms with Crippen molar-refractivity contribution >= 4 is 23.3 Å². The molecule has 1 unspecified atom stereocenters. The largest absolute Gasteiger partial charge is 0.481 e.